The van der Waals surface area contributed by atoms with Crippen LogP contribution in [0.5, 0.6) is 0 Å². The van der Waals surface area contributed by atoms with Gasteiger partial charge in [-0.05, 0) is 43.2 Å². The van der Waals surface area contributed by atoms with Crippen molar-refractivity contribution in [3.05, 3.63) is 47.4 Å². The van der Waals surface area contributed by atoms with Crippen LogP contribution in [0.2, 0.25) is 0 Å². The Morgan fingerprint density at radius 2 is 2.11 bits per heavy atom. The van der Waals surface area contributed by atoms with Crippen molar-refractivity contribution in [3.8, 4) is 0 Å². The first-order valence-electron chi connectivity index (χ1n) is 6.25. The van der Waals surface area contributed by atoms with Crippen LogP contribution >= 0.6 is 0 Å². The van der Waals surface area contributed by atoms with Crippen molar-refractivity contribution >= 4 is 23.6 Å². The molecule has 1 aliphatic carbocycles. The fourth-order valence-corrected chi connectivity index (χ4v) is 2.17. The Bertz CT molecular complexity index is 639. The lowest BCUT2D eigenvalue weighted by Gasteiger charge is -2.04. The van der Waals surface area contributed by atoms with Gasteiger partial charge >= 0.3 is 0 Å². The summed E-state index contributed by atoms with van der Waals surface area (Å²) < 4.78 is 5.70. The number of anilines is 2. The van der Waals surface area contributed by atoms with Crippen LogP contribution in [-0.2, 0) is 6.42 Å². The standard InChI is InChI=1S/C15H14N2O2/c1-10-3-2-4-13-14(10)17-15(19-13)16-12-7-5-11(9-18)6-8-12/h3,5-9H,2,4H2,1H3,(H,16,17). The van der Waals surface area contributed by atoms with Crippen LogP contribution in [0.3, 0.4) is 0 Å². The zero-order valence-electron chi connectivity index (χ0n) is 10.6. The van der Waals surface area contributed by atoms with Gasteiger partial charge < -0.3 is 9.73 Å². The van der Waals surface area contributed by atoms with Crippen LogP contribution in [0.15, 0.2) is 34.8 Å². The zero-order valence-corrected chi connectivity index (χ0v) is 10.6. The molecule has 19 heavy (non-hydrogen) atoms. The van der Waals surface area contributed by atoms with E-state index < -0.39 is 0 Å². The minimum atomic E-state index is 0.499. The summed E-state index contributed by atoms with van der Waals surface area (Å²) in [5, 5.41) is 3.11. The zero-order chi connectivity index (χ0) is 13.2. The van der Waals surface area contributed by atoms with Gasteiger partial charge in [0.05, 0.1) is 0 Å². The van der Waals surface area contributed by atoms with Crippen molar-refractivity contribution in [2.75, 3.05) is 5.32 Å². The Hall–Kier alpha value is -2.36. The number of nitrogens with zero attached hydrogens (tertiary/aromatic N) is 1. The molecule has 1 aromatic heterocycles. The van der Waals surface area contributed by atoms with E-state index in [-0.39, 0.29) is 0 Å². The van der Waals surface area contributed by atoms with E-state index in [1.807, 2.05) is 19.1 Å². The molecule has 1 N–H and O–H groups in total. The normalized spacial score (nSPS) is 13.6. The number of aldehydes is 1. The number of nitrogens with one attached hydrogen (secondary N) is 1. The third-order valence-corrected chi connectivity index (χ3v) is 3.19. The molecule has 0 bridgehead atoms. The second-order valence-electron chi connectivity index (χ2n) is 4.58. The SMILES string of the molecule is CC1=CCCc2oc(Nc3ccc(C=O)cc3)nc21. The molecule has 0 amide bonds. The van der Waals surface area contributed by atoms with E-state index in [2.05, 4.69) is 16.4 Å². The number of rotatable bonds is 3. The van der Waals surface area contributed by atoms with E-state index in [1.165, 1.54) is 0 Å². The van der Waals surface area contributed by atoms with E-state index in [0.717, 1.165) is 41.8 Å². The van der Waals surface area contributed by atoms with Crippen molar-refractivity contribution in [1.29, 1.82) is 0 Å². The number of carbonyl (C=O) groups excluding carboxylic acids is 1. The smallest absolute Gasteiger partial charge is 0.299 e. The molecule has 96 valence electrons. The van der Waals surface area contributed by atoms with Gasteiger partial charge in [-0.3, -0.25) is 4.79 Å². The van der Waals surface area contributed by atoms with Crippen LogP contribution in [0, 0.1) is 0 Å². The first kappa shape index (κ1) is 11.7. The van der Waals surface area contributed by atoms with Gasteiger partial charge in [-0.1, -0.05) is 6.08 Å². The molecule has 0 fully saturated rings. The molecule has 0 spiro atoms. The number of hydrogen-bond acceptors (Lipinski definition) is 4. The highest BCUT2D eigenvalue weighted by molar-refractivity contribution is 5.76. The van der Waals surface area contributed by atoms with Crippen LogP contribution in [0.25, 0.3) is 5.57 Å². The van der Waals surface area contributed by atoms with Gasteiger partial charge in [0, 0.05) is 17.7 Å². The summed E-state index contributed by atoms with van der Waals surface area (Å²) in [4.78, 5) is 15.0. The van der Waals surface area contributed by atoms with E-state index in [4.69, 9.17) is 4.42 Å². The van der Waals surface area contributed by atoms with E-state index in [0.29, 0.717) is 11.6 Å². The van der Waals surface area contributed by atoms with Gasteiger partial charge in [-0.15, -0.1) is 0 Å². The highest BCUT2D eigenvalue weighted by Gasteiger charge is 2.17. The topological polar surface area (TPSA) is 55.1 Å². The number of allylic oxidation sites excluding steroid dienone is 2. The van der Waals surface area contributed by atoms with Crippen LogP contribution in [0.4, 0.5) is 11.7 Å². The van der Waals surface area contributed by atoms with Gasteiger partial charge in [0.15, 0.2) is 0 Å². The van der Waals surface area contributed by atoms with Gasteiger partial charge in [0.1, 0.15) is 17.7 Å². The molecular formula is C15H14N2O2. The van der Waals surface area contributed by atoms with Gasteiger partial charge in [-0.2, -0.15) is 4.98 Å². The number of oxazole rings is 1. The second kappa shape index (κ2) is 4.72. The monoisotopic (exact) mass is 254 g/mol. The Balaban J connectivity index is 1.83. The van der Waals surface area contributed by atoms with Crippen molar-refractivity contribution in [3.63, 3.8) is 0 Å². The lowest BCUT2D eigenvalue weighted by Crippen LogP contribution is -1.94. The lowest BCUT2D eigenvalue weighted by atomic mass is 10.0. The molecule has 1 aliphatic rings. The molecule has 0 unspecified atom stereocenters. The predicted octanol–water partition coefficient (Wildman–Crippen LogP) is 3.58. The molecule has 0 aliphatic heterocycles. The van der Waals surface area contributed by atoms with Gasteiger partial charge in [0.25, 0.3) is 6.01 Å². The summed E-state index contributed by atoms with van der Waals surface area (Å²) in [6, 6.07) is 7.66. The Labute approximate surface area is 111 Å². The molecule has 2 aromatic rings. The third kappa shape index (κ3) is 2.29. The molecule has 0 atom stereocenters. The molecule has 1 heterocycles. The molecule has 0 radical (unpaired) electrons. The minimum absolute atomic E-state index is 0.499. The highest BCUT2D eigenvalue weighted by atomic mass is 16.4. The van der Waals surface area contributed by atoms with Crippen LogP contribution in [0.1, 0.15) is 35.2 Å². The molecule has 0 saturated carbocycles. The van der Waals surface area contributed by atoms with Crippen molar-refractivity contribution < 1.29 is 9.21 Å². The summed E-state index contributed by atoms with van der Waals surface area (Å²) in [7, 11) is 0. The summed E-state index contributed by atoms with van der Waals surface area (Å²) in [5.74, 6) is 0.937. The predicted molar refractivity (Wildman–Crippen MR) is 73.6 cm³/mol. The van der Waals surface area contributed by atoms with E-state index in [1.54, 1.807) is 12.1 Å². The number of hydrogen-bond donors (Lipinski definition) is 1. The van der Waals surface area contributed by atoms with Gasteiger partial charge in [-0.25, -0.2) is 0 Å². The maximum atomic E-state index is 10.6. The molecule has 4 heteroatoms. The summed E-state index contributed by atoms with van der Waals surface area (Å²) in [5.41, 5.74) is 3.61. The van der Waals surface area contributed by atoms with Crippen LogP contribution in [-0.4, -0.2) is 11.3 Å². The second-order valence-corrected chi connectivity index (χ2v) is 4.58. The molecule has 3 rings (SSSR count). The Morgan fingerprint density at radius 1 is 1.32 bits per heavy atom. The van der Waals surface area contributed by atoms with E-state index >= 15 is 0 Å². The highest BCUT2D eigenvalue weighted by Crippen LogP contribution is 2.29. The fourth-order valence-electron chi connectivity index (χ4n) is 2.17. The number of fused-ring (bicyclic) bond motifs is 1. The third-order valence-electron chi connectivity index (χ3n) is 3.19. The van der Waals surface area contributed by atoms with Crippen molar-refractivity contribution in [2.45, 2.75) is 19.8 Å². The molecule has 1 aromatic carbocycles. The molecule has 4 nitrogen and oxygen atoms in total. The average Bonchev–Trinajstić information content (AvgIpc) is 2.84. The minimum Gasteiger partial charge on any atom is -0.428 e. The quantitative estimate of drug-likeness (QED) is 0.850. The van der Waals surface area contributed by atoms with E-state index in [9.17, 15) is 4.79 Å². The average molecular weight is 254 g/mol. The first-order chi connectivity index (χ1) is 9.26. The Kier molecular flexibility index (Phi) is 2.91. The fraction of sp³-hybridized carbons (Fsp3) is 0.200. The first-order valence-corrected chi connectivity index (χ1v) is 6.25. The number of aryl methyl sites for hydroxylation is 1. The maximum absolute atomic E-state index is 10.6. The summed E-state index contributed by atoms with van der Waals surface area (Å²) in [6.07, 6.45) is 4.89. The van der Waals surface area contributed by atoms with Gasteiger partial charge in [0.2, 0.25) is 0 Å². The molecular weight excluding hydrogens is 240 g/mol. The summed E-state index contributed by atoms with van der Waals surface area (Å²) in [6.45, 7) is 2.04. The number of aromatic nitrogens is 1. The molecule has 0 saturated heterocycles. The van der Waals surface area contributed by atoms with Crippen molar-refractivity contribution in [2.24, 2.45) is 0 Å². The summed E-state index contributed by atoms with van der Waals surface area (Å²) >= 11 is 0. The maximum Gasteiger partial charge on any atom is 0.299 e. The number of benzene rings is 1. The lowest BCUT2D eigenvalue weighted by molar-refractivity contribution is 0.112. The number of carbonyl (C=O) groups is 1. The van der Waals surface area contributed by atoms with Crippen LogP contribution < -0.4 is 5.32 Å². The van der Waals surface area contributed by atoms with Crippen molar-refractivity contribution in [1.82, 2.24) is 4.98 Å². The Morgan fingerprint density at radius 3 is 2.79 bits per heavy atom. The largest absolute Gasteiger partial charge is 0.428 e.